The summed E-state index contributed by atoms with van der Waals surface area (Å²) in [4.78, 5) is 8.80. The third-order valence-electron chi connectivity index (χ3n) is 3.06. The van der Waals surface area contributed by atoms with E-state index in [1.807, 2.05) is 30.3 Å². The molecule has 0 amide bonds. The third-order valence-corrected chi connectivity index (χ3v) is 4.36. The van der Waals surface area contributed by atoms with Crippen molar-refractivity contribution in [1.82, 2.24) is 9.97 Å². The van der Waals surface area contributed by atoms with Crippen molar-refractivity contribution in [3.63, 3.8) is 0 Å². The Morgan fingerprint density at radius 2 is 2.10 bits per heavy atom. The number of pyridine rings is 2. The van der Waals surface area contributed by atoms with Crippen LogP contribution in [0.5, 0.6) is 0 Å². The van der Waals surface area contributed by atoms with Crippen LogP contribution in [0.4, 0.5) is 11.5 Å². The van der Waals surface area contributed by atoms with E-state index in [1.54, 1.807) is 18.5 Å². The normalized spacial score (nSPS) is 10.6. The molecular weight excluding hydrogens is 350 g/mol. The van der Waals surface area contributed by atoms with Gasteiger partial charge < -0.3 is 5.32 Å². The van der Waals surface area contributed by atoms with Gasteiger partial charge in [-0.15, -0.1) is 0 Å². The molecule has 0 saturated carbocycles. The van der Waals surface area contributed by atoms with Gasteiger partial charge >= 0.3 is 0 Å². The number of anilines is 2. The topological polar surface area (TPSA) is 37.8 Å². The number of halogens is 2. The van der Waals surface area contributed by atoms with E-state index in [4.69, 9.17) is 11.6 Å². The zero-order chi connectivity index (χ0) is 14.8. The van der Waals surface area contributed by atoms with E-state index in [-0.39, 0.29) is 0 Å². The molecule has 0 aliphatic rings. The number of benzene rings is 1. The molecule has 2 aromatic heterocycles. The van der Waals surface area contributed by atoms with Crippen LogP contribution in [-0.2, 0) is 0 Å². The maximum absolute atomic E-state index is 6.27. The minimum atomic E-state index is 0.610. The van der Waals surface area contributed by atoms with E-state index in [9.17, 15) is 0 Å². The van der Waals surface area contributed by atoms with Crippen LogP contribution in [-0.4, -0.2) is 9.97 Å². The first-order chi connectivity index (χ1) is 10.2. The largest absolute Gasteiger partial charge is 0.337 e. The Balaban J connectivity index is 2.08. The molecule has 3 rings (SSSR count). The summed E-state index contributed by atoms with van der Waals surface area (Å²) in [5.41, 5.74) is 2.54. The Morgan fingerprint density at radius 3 is 2.90 bits per heavy atom. The van der Waals surface area contributed by atoms with Gasteiger partial charge in [-0.3, -0.25) is 4.98 Å². The molecule has 0 atom stereocenters. The second-order valence-electron chi connectivity index (χ2n) is 4.43. The molecule has 0 unspecified atom stereocenters. The minimum Gasteiger partial charge on any atom is -0.337 e. The van der Waals surface area contributed by atoms with Gasteiger partial charge in [0.15, 0.2) is 5.82 Å². The smallest absolute Gasteiger partial charge is 0.156 e. The Kier molecular flexibility index (Phi) is 3.90. The molecule has 0 bridgehead atoms. The maximum Gasteiger partial charge on any atom is 0.156 e. The van der Waals surface area contributed by atoms with Gasteiger partial charge in [-0.05, 0) is 45.8 Å². The fourth-order valence-corrected chi connectivity index (χ4v) is 2.55. The Bertz CT molecular complexity index is 833. The molecule has 0 fully saturated rings. The van der Waals surface area contributed by atoms with Crippen LogP contribution in [0, 0.1) is 0 Å². The SMILES string of the molecule is C=Cc1cnc2c(Nc3cccc(Br)c3Cl)nccc2c1. The highest BCUT2D eigenvalue weighted by molar-refractivity contribution is 9.10. The number of hydrogen-bond acceptors (Lipinski definition) is 3. The predicted molar refractivity (Wildman–Crippen MR) is 92.1 cm³/mol. The van der Waals surface area contributed by atoms with E-state index >= 15 is 0 Å². The highest BCUT2D eigenvalue weighted by Gasteiger charge is 2.08. The first-order valence-electron chi connectivity index (χ1n) is 6.27. The standard InChI is InChI=1S/C16H11BrClN3/c1-2-10-8-11-6-7-19-16(15(11)20-9-10)21-13-5-3-4-12(17)14(13)18/h2-9H,1H2,(H,19,21). The number of fused-ring (bicyclic) bond motifs is 1. The van der Waals surface area contributed by atoms with Crippen molar-refractivity contribution in [1.29, 1.82) is 0 Å². The molecule has 0 spiro atoms. The molecule has 5 heteroatoms. The zero-order valence-electron chi connectivity index (χ0n) is 11.0. The van der Waals surface area contributed by atoms with Gasteiger partial charge in [-0.2, -0.15) is 0 Å². The number of hydrogen-bond donors (Lipinski definition) is 1. The maximum atomic E-state index is 6.27. The van der Waals surface area contributed by atoms with Crippen LogP contribution in [0.2, 0.25) is 5.02 Å². The third kappa shape index (κ3) is 2.77. The average molecular weight is 361 g/mol. The van der Waals surface area contributed by atoms with E-state index in [1.165, 1.54) is 0 Å². The van der Waals surface area contributed by atoms with Crippen LogP contribution >= 0.6 is 27.5 Å². The summed E-state index contributed by atoms with van der Waals surface area (Å²) < 4.78 is 0.830. The summed E-state index contributed by atoms with van der Waals surface area (Å²) in [5.74, 6) is 0.670. The van der Waals surface area contributed by atoms with Crippen LogP contribution in [0.1, 0.15) is 5.56 Å². The van der Waals surface area contributed by atoms with Crippen LogP contribution < -0.4 is 5.32 Å². The van der Waals surface area contributed by atoms with Gasteiger partial charge in [0.25, 0.3) is 0 Å². The molecule has 104 valence electrons. The lowest BCUT2D eigenvalue weighted by molar-refractivity contribution is 1.29. The number of aromatic nitrogens is 2. The van der Waals surface area contributed by atoms with Gasteiger partial charge in [-0.25, -0.2) is 4.98 Å². The Morgan fingerprint density at radius 1 is 1.24 bits per heavy atom. The summed E-state index contributed by atoms with van der Waals surface area (Å²) >= 11 is 9.68. The second-order valence-corrected chi connectivity index (χ2v) is 5.66. The zero-order valence-corrected chi connectivity index (χ0v) is 13.3. The van der Waals surface area contributed by atoms with Crippen LogP contribution in [0.15, 0.2) is 53.8 Å². The van der Waals surface area contributed by atoms with E-state index in [2.05, 4.69) is 37.8 Å². The molecule has 0 saturated heterocycles. The van der Waals surface area contributed by atoms with Crippen LogP contribution in [0.25, 0.3) is 17.0 Å². The van der Waals surface area contributed by atoms with E-state index < -0.39 is 0 Å². The fraction of sp³-hybridized carbons (Fsp3) is 0. The number of rotatable bonds is 3. The molecule has 1 N–H and O–H groups in total. The molecule has 0 radical (unpaired) electrons. The molecule has 3 aromatic rings. The number of nitrogens with zero attached hydrogens (tertiary/aromatic N) is 2. The lowest BCUT2D eigenvalue weighted by Crippen LogP contribution is -1.97. The predicted octanol–water partition coefficient (Wildman–Crippen LogP) is 5.43. The summed E-state index contributed by atoms with van der Waals surface area (Å²) in [7, 11) is 0. The van der Waals surface area contributed by atoms with Crippen molar-refractivity contribution in [2.24, 2.45) is 0 Å². The summed E-state index contributed by atoms with van der Waals surface area (Å²) in [6, 6.07) is 9.63. The highest BCUT2D eigenvalue weighted by atomic mass is 79.9. The van der Waals surface area contributed by atoms with Crippen molar-refractivity contribution >= 4 is 56.0 Å². The van der Waals surface area contributed by atoms with Crippen molar-refractivity contribution in [2.75, 3.05) is 5.32 Å². The highest BCUT2D eigenvalue weighted by Crippen LogP contribution is 2.33. The summed E-state index contributed by atoms with van der Waals surface area (Å²) in [6.07, 6.45) is 5.28. The minimum absolute atomic E-state index is 0.610. The van der Waals surface area contributed by atoms with Gasteiger partial charge in [0.05, 0.1) is 10.7 Å². The summed E-state index contributed by atoms with van der Waals surface area (Å²) in [6.45, 7) is 3.76. The van der Waals surface area contributed by atoms with Crippen molar-refractivity contribution in [3.8, 4) is 0 Å². The van der Waals surface area contributed by atoms with Crippen molar-refractivity contribution in [3.05, 3.63) is 64.4 Å². The first kappa shape index (κ1) is 14.0. The summed E-state index contributed by atoms with van der Waals surface area (Å²) in [5, 5.41) is 4.84. The second kappa shape index (κ2) is 5.84. The van der Waals surface area contributed by atoms with Gasteiger partial charge in [0, 0.05) is 22.3 Å². The van der Waals surface area contributed by atoms with Crippen molar-refractivity contribution < 1.29 is 0 Å². The Hall–Kier alpha value is -1.91. The van der Waals surface area contributed by atoms with E-state index in [0.29, 0.717) is 10.8 Å². The van der Waals surface area contributed by atoms with Gasteiger partial charge in [0.1, 0.15) is 5.52 Å². The average Bonchev–Trinajstić information content (AvgIpc) is 2.51. The quantitative estimate of drug-likeness (QED) is 0.676. The van der Waals surface area contributed by atoms with Crippen molar-refractivity contribution in [2.45, 2.75) is 0 Å². The lowest BCUT2D eigenvalue weighted by atomic mass is 10.2. The monoisotopic (exact) mass is 359 g/mol. The van der Waals surface area contributed by atoms with Gasteiger partial charge in [-0.1, -0.05) is 30.3 Å². The molecule has 2 heterocycles. The van der Waals surface area contributed by atoms with Crippen LogP contribution in [0.3, 0.4) is 0 Å². The molecule has 1 aromatic carbocycles. The molecule has 21 heavy (non-hydrogen) atoms. The molecule has 0 aliphatic heterocycles. The molecule has 0 aliphatic carbocycles. The Labute approximate surface area is 135 Å². The van der Waals surface area contributed by atoms with Gasteiger partial charge in [0.2, 0.25) is 0 Å². The number of nitrogens with one attached hydrogen (secondary N) is 1. The molecular formula is C16H11BrClN3. The first-order valence-corrected chi connectivity index (χ1v) is 7.44. The lowest BCUT2D eigenvalue weighted by Gasteiger charge is -2.10. The fourth-order valence-electron chi connectivity index (χ4n) is 2.01. The molecule has 3 nitrogen and oxygen atoms in total. The van der Waals surface area contributed by atoms with E-state index in [0.717, 1.165) is 26.6 Å².